The number of aryl methyl sites for hydroxylation is 3. The minimum Gasteiger partial charge on any atom is -0.490 e. The molecule has 1 fully saturated rings. The third-order valence-electron chi connectivity index (χ3n) is 12.1. The van der Waals surface area contributed by atoms with Crippen molar-refractivity contribution < 1.29 is 23.3 Å². The maximum Gasteiger partial charge on any atom is 0.285 e. The molecule has 272 valence electrons. The number of aromatic nitrogens is 1. The van der Waals surface area contributed by atoms with Crippen molar-refractivity contribution in [3.63, 3.8) is 0 Å². The zero-order valence-electron chi connectivity index (χ0n) is 30.5. The molecule has 8 nitrogen and oxygen atoms in total. The number of amides is 1. The monoisotopic (exact) mass is 719 g/mol. The van der Waals surface area contributed by atoms with Crippen LogP contribution in [0, 0.1) is 18.8 Å². The van der Waals surface area contributed by atoms with Gasteiger partial charge in [-0.2, -0.15) is 4.36 Å². The lowest BCUT2D eigenvalue weighted by Gasteiger charge is -2.46. The number of nitrogens with zero attached hydrogens (tertiary/aromatic N) is 3. The molecule has 4 aromatic rings. The van der Waals surface area contributed by atoms with Crippen LogP contribution < -0.4 is 9.64 Å². The summed E-state index contributed by atoms with van der Waals surface area (Å²) in [7, 11) is 0.386. The van der Waals surface area contributed by atoms with Crippen LogP contribution in [0.5, 0.6) is 5.75 Å². The van der Waals surface area contributed by atoms with E-state index in [1.54, 1.807) is 13.2 Å². The van der Waals surface area contributed by atoms with Crippen molar-refractivity contribution in [3.8, 4) is 5.75 Å². The molecule has 9 heteroatoms. The Kier molecular flexibility index (Phi) is 9.37. The summed E-state index contributed by atoms with van der Waals surface area (Å²) in [6.07, 6.45) is 10.9. The molecule has 0 N–H and O–H groups in total. The summed E-state index contributed by atoms with van der Waals surface area (Å²) in [5.41, 5.74) is 6.48. The van der Waals surface area contributed by atoms with Crippen LogP contribution in [0.25, 0.3) is 10.9 Å². The molecule has 2 aliphatic heterocycles. The van der Waals surface area contributed by atoms with Crippen molar-refractivity contribution in [1.29, 1.82) is 0 Å². The maximum absolute atomic E-state index is 14.7. The third-order valence-corrected chi connectivity index (χ3v) is 14.2. The first-order valence-electron chi connectivity index (χ1n) is 18.8. The van der Waals surface area contributed by atoms with Gasteiger partial charge in [-0.1, -0.05) is 54.1 Å². The number of hydrogen-bond acceptors (Lipinski definition) is 6. The molecule has 2 bridgehead atoms. The standard InChI is InChI=1S/C43H49N3O5S/c1-29-14-18-35-30(22-29)11-9-20-43(35)27-46-25-33-15-17-34(33)40(50-3)13-5-4-8-21-52(49,44-42(48)32-16-19-41(51-28-43)38(46)24-32)26-39(47)37-23-31-10-6-7-12-36(31)45(37)2/h5-7,10,12-14,16,18-19,22-24,33-34,40H,4,8-9,11,15,17,20-21,25-28H2,1-3H3/b13-5+/t33-,34+,40-,43-,52?/m0/s1. The van der Waals surface area contributed by atoms with E-state index in [4.69, 9.17) is 9.47 Å². The molecule has 52 heavy (non-hydrogen) atoms. The number of rotatable bonds is 4. The predicted molar refractivity (Wildman–Crippen MR) is 207 cm³/mol. The summed E-state index contributed by atoms with van der Waals surface area (Å²) in [5, 5.41) is 0.936. The highest BCUT2D eigenvalue weighted by atomic mass is 32.2. The second kappa shape index (κ2) is 14.0. The summed E-state index contributed by atoms with van der Waals surface area (Å²) in [5.74, 6) is 0.535. The molecule has 3 heterocycles. The molecule has 1 amide bonds. The quantitative estimate of drug-likeness (QED) is 0.158. The Hall–Kier alpha value is -4.21. The van der Waals surface area contributed by atoms with Crippen molar-refractivity contribution >= 4 is 38.0 Å². The number of ether oxygens (including phenoxy) is 2. The first-order valence-corrected chi connectivity index (χ1v) is 20.7. The van der Waals surface area contributed by atoms with Crippen LogP contribution in [0.3, 0.4) is 0 Å². The Balaban J connectivity index is 1.19. The Morgan fingerprint density at radius 1 is 1.08 bits per heavy atom. The molecule has 5 atom stereocenters. The van der Waals surface area contributed by atoms with Gasteiger partial charge in [-0.15, -0.1) is 0 Å². The van der Waals surface area contributed by atoms with E-state index in [9.17, 15) is 13.8 Å². The van der Waals surface area contributed by atoms with Crippen molar-refractivity contribution in [2.75, 3.05) is 43.2 Å². The number of hydrogen-bond donors (Lipinski definition) is 0. The summed E-state index contributed by atoms with van der Waals surface area (Å²) in [6, 6.07) is 22.0. The summed E-state index contributed by atoms with van der Waals surface area (Å²) in [6.45, 7) is 4.32. The van der Waals surface area contributed by atoms with Gasteiger partial charge in [0.2, 0.25) is 0 Å². The van der Waals surface area contributed by atoms with Gasteiger partial charge in [0.05, 0.1) is 39.6 Å². The van der Waals surface area contributed by atoms with E-state index in [1.165, 1.54) is 16.7 Å². The lowest BCUT2D eigenvalue weighted by atomic mass is 9.68. The molecule has 1 spiro atoms. The number of fused-ring (bicyclic) bond motifs is 5. The molecule has 0 saturated heterocycles. The Bertz CT molecular complexity index is 2200. The molecular formula is C43H49N3O5S. The predicted octanol–water partition coefficient (Wildman–Crippen LogP) is 7.84. The second-order valence-corrected chi connectivity index (χ2v) is 17.9. The van der Waals surface area contributed by atoms with Gasteiger partial charge in [-0.25, -0.2) is 4.21 Å². The number of ketones is 1. The summed E-state index contributed by atoms with van der Waals surface area (Å²) < 4.78 is 33.7. The average Bonchev–Trinajstić information content (AvgIpc) is 3.38. The molecule has 4 aliphatic rings. The molecule has 2 aliphatic carbocycles. The number of benzene rings is 3. The van der Waals surface area contributed by atoms with E-state index >= 15 is 0 Å². The number of carbonyl (C=O) groups is 2. The lowest BCUT2D eigenvalue weighted by Crippen LogP contribution is -2.49. The van der Waals surface area contributed by atoms with E-state index in [0.717, 1.165) is 67.5 Å². The van der Waals surface area contributed by atoms with Crippen LogP contribution in [0.1, 0.15) is 76.1 Å². The SMILES string of the molecule is CO[C@H]1/C=C/CCCS(=O)(CC(=O)c2cc3ccccc3n2C)=NC(=O)c2ccc3c(c2)N(C[C@@H]2CC[C@H]21)C[C@@]1(CCCc2cc(C)ccc21)CO3. The van der Waals surface area contributed by atoms with Crippen LogP contribution in [0.4, 0.5) is 5.69 Å². The molecule has 1 unspecified atom stereocenters. The van der Waals surface area contributed by atoms with Crippen LogP contribution >= 0.6 is 0 Å². The van der Waals surface area contributed by atoms with Gasteiger partial charge in [0, 0.05) is 54.9 Å². The van der Waals surface area contributed by atoms with Gasteiger partial charge in [0.1, 0.15) is 5.75 Å². The van der Waals surface area contributed by atoms with Gasteiger partial charge in [0.15, 0.2) is 5.78 Å². The summed E-state index contributed by atoms with van der Waals surface area (Å²) >= 11 is 0. The zero-order valence-corrected chi connectivity index (χ0v) is 31.3. The summed E-state index contributed by atoms with van der Waals surface area (Å²) in [4.78, 5) is 30.3. The molecule has 0 radical (unpaired) electrons. The Morgan fingerprint density at radius 2 is 1.94 bits per heavy atom. The lowest BCUT2D eigenvalue weighted by molar-refractivity contribution is 0.0132. The maximum atomic E-state index is 14.7. The average molecular weight is 720 g/mol. The van der Waals surface area contributed by atoms with Crippen LogP contribution in [0.2, 0.25) is 0 Å². The van der Waals surface area contributed by atoms with E-state index < -0.39 is 15.6 Å². The third kappa shape index (κ3) is 6.51. The molecule has 8 rings (SSSR count). The highest BCUT2D eigenvalue weighted by molar-refractivity contribution is 7.94. The second-order valence-electron chi connectivity index (χ2n) is 15.5. The van der Waals surface area contributed by atoms with Crippen LogP contribution in [-0.4, -0.2) is 64.9 Å². The number of methoxy groups -OCH3 is 1. The van der Waals surface area contributed by atoms with E-state index in [0.29, 0.717) is 42.5 Å². The van der Waals surface area contributed by atoms with Crippen molar-refractivity contribution in [2.45, 2.75) is 63.4 Å². The van der Waals surface area contributed by atoms with Gasteiger partial charge in [-0.05, 0) is 105 Å². The van der Waals surface area contributed by atoms with Crippen LogP contribution in [0.15, 0.2) is 83.2 Å². The largest absolute Gasteiger partial charge is 0.490 e. The van der Waals surface area contributed by atoms with Crippen molar-refractivity contribution in [1.82, 2.24) is 4.57 Å². The van der Waals surface area contributed by atoms with E-state index in [2.05, 4.69) is 46.5 Å². The van der Waals surface area contributed by atoms with Gasteiger partial charge >= 0.3 is 0 Å². The van der Waals surface area contributed by atoms with E-state index in [-0.39, 0.29) is 28.8 Å². The molecule has 3 aromatic carbocycles. The highest BCUT2D eigenvalue weighted by Gasteiger charge is 2.44. The first kappa shape index (κ1) is 34.9. The Labute approximate surface area is 307 Å². The fraction of sp³-hybridized carbons (Fsp3) is 0.442. The highest BCUT2D eigenvalue weighted by Crippen LogP contribution is 2.47. The van der Waals surface area contributed by atoms with E-state index in [1.807, 2.05) is 54.1 Å². The number of carbonyl (C=O) groups excluding carboxylic acids is 2. The minimum absolute atomic E-state index is 0.0169. The van der Waals surface area contributed by atoms with Gasteiger partial charge < -0.3 is 18.9 Å². The van der Waals surface area contributed by atoms with Crippen LogP contribution in [-0.2, 0) is 33.3 Å². The fourth-order valence-electron chi connectivity index (χ4n) is 9.19. The Morgan fingerprint density at radius 3 is 2.75 bits per heavy atom. The number of para-hydroxylation sites is 1. The molecular weight excluding hydrogens is 671 g/mol. The van der Waals surface area contributed by atoms with Crippen molar-refractivity contribution in [2.24, 2.45) is 23.2 Å². The van der Waals surface area contributed by atoms with Crippen molar-refractivity contribution in [3.05, 3.63) is 107 Å². The van der Waals surface area contributed by atoms with Gasteiger partial charge in [-0.3, -0.25) is 9.59 Å². The number of allylic oxidation sites excluding steroid dienone is 1. The van der Waals surface area contributed by atoms with Gasteiger partial charge in [0.25, 0.3) is 5.91 Å². The smallest absolute Gasteiger partial charge is 0.285 e. The number of anilines is 1. The topological polar surface area (TPSA) is 90.2 Å². The first-order chi connectivity index (χ1) is 25.1. The molecule has 1 saturated carbocycles. The minimum atomic E-state index is -3.24. The number of Topliss-reactive ketones (excluding diaryl/α,β-unsaturated/α-hetero) is 1. The molecule has 1 aromatic heterocycles. The fourth-order valence-corrected chi connectivity index (χ4v) is 11.1. The zero-order chi connectivity index (χ0) is 36.0. The normalized spacial score (nSPS) is 28.2.